The molecule has 2 heterocycles. The van der Waals surface area contributed by atoms with Crippen LogP contribution in [0.4, 0.5) is 0 Å². The minimum absolute atomic E-state index is 0.0152. The van der Waals surface area contributed by atoms with Gasteiger partial charge in [0, 0.05) is 61.6 Å². The summed E-state index contributed by atoms with van der Waals surface area (Å²) in [5, 5.41) is 3.98. The van der Waals surface area contributed by atoms with Gasteiger partial charge in [0.15, 0.2) is 0 Å². The van der Waals surface area contributed by atoms with Gasteiger partial charge in [-0.1, -0.05) is 54.1 Å². The Morgan fingerprint density at radius 1 is 0.968 bits per heavy atom. The Kier molecular flexibility index (Phi) is 7.28. The summed E-state index contributed by atoms with van der Waals surface area (Å²) in [7, 11) is 0. The molecular weight excluding hydrogens is 408 g/mol. The van der Waals surface area contributed by atoms with E-state index in [4.69, 9.17) is 17.3 Å². The molecule has 2 aliphatic rings. The van der Waals surface area contributed by atoms with Crippen molar-refractivity contribution in [2.24, 2.45) is 5.73 Å². The van der Waals surface area contributed by atoms with Crippen molar-refractivity contribution in [3.05, 3.63) is 82.0 Å². The number of hydrogen-bond acceptors (Lipinski definition) is 4. The first-order valence-corrected chi connectivity index (χ1v) is 11.5. The van der Waals surface area contributed by atoms with E-state index in [2.05, 4.69) is 45.4 Å². The van der Waals surface area contributed by atoms with Gasteiger partial charge < -0.3 is 11.1 Å². The first kappa shape index (κ1) is 21.9. The second-order valence-corrected chi connectivity index (χ2v) is 9.04. The van der Waals surface area contributed by atoms with E-state index in [-0.39, 0.29) is 11.9 Å². The average Bonchev–Trinajstić information content (AvgIpc) is 2.76. The molecule has 6 heteroatoms. The van der Waals surface area contributed by atoms with Crippen LogP contribution in [0.3, 0.4) is 0 Å². The monoisotopic (exact) mass is 438 g/mol. The maximum atomic E-state index is 12.9. The topological polar surface area (TPSA) is 61.6 Å². The molecule has 0 bridgehead atoms. The van der Waals surface area contributed by atoms with Gasteiger partial charge in [-0.3, -0.25) is 14.6 Å². The molecule has 0 radical (unpaired) electrons. The molecule has 2 aromatic carbocycles. The number of amides is 1. The predicted octanol–water partition coefficient (Wildman–Crippen LogP) is 3.54. The minimum atomic E-state index is 0.0152. The number of benzene rings is 2. The van der Waals surface area contributed by atoms with Crippen LogP contribution in [0, 0.1) is 0 Å². The first-order chi connectivity index (χ1) is 15.1. The van der Waals surface area contributed by atoms with Crippen LogP contribution in [0.15, 0.2) is 65.9 Å². The van der Waals surface area contributed by atoms with Crippen molar-refractivity contribution in [1.29, 1.82) is 0 Å². The Labute approximate surface area is 189 Å². The summed E-state index contributed by atoms with van der Waals surface area (Å²) in [4.78, 5) is 17.6. The molecule has 2 aliphatic heterocycles. The Hall–Kier alpha value is -2.34. The molecule has 4 rings (SSSR count). The summed E-state index contributed by atoms with van der Waals surface area (Å²) >= 11 is 6.09. The summed E-state index contributed by atoms with van der Waals surface area (Å²) in [5.74, 6) is 0.0152. The largest absolute Gasteiger partial charge is 0.401 e. The van der Waals surface area contributed by atoms with E-state index in [0.29, 0.717) is 18.7 Å². The fourth-order valence-corrected chi connectivity index (χ4v) is 4.70. The van der Waals surface area contributed by atoms with Crippen LogP contribution in [0.1, 0.15) is 30.4 Å². The van der Waals surface area contributed by atoms with Crippen LogP contribution in [0.2, 0.25) is 5.02 Å². The highest BCUT2D eigenvalue weighted by Crippen LogP contribution is 2.20. The Balaban J connectivity index is 1.25. The number of halogens is 1. The van der Waals surface area contributed by atoms with Gasteiger partial charge in [0.25, 0.3) is 0 Å². The van der Waals surface area contributed by atoms with Crippen molar-refractivity contribution in [3.8, 4) is 0 Å². The number of carbonyl (C=O) groups is 1. The third kappa shape index (κ3) is 6.10. The summed E-state index contributed by atoms with van der Waals surface area (Å²) in [6, 6.07) is 18.7. The zero-order valence-corrected chi connectivity index (χ0v) is 18.7. The van der Waals surface area contributed by atoms with Crippen molar-refractivity contribution in [2.45, 2.75) is 38.4 Å². The average molecular weight is 439 g/mol. The quantitative estimate of drug-likeness (QED) is 0.724. The van der Waals surface area contributed by atoms with Crippen LogP contribution in [-0.4, -0.2) is 47.9 Å². The molecule has 0 aliphatic carbocycles. The highest BCUT2D eigenvalue weighted by atomic mass is 35.5. The van der Waals surface area contributed by atoms with E-state index in [9.17, 15) is 4.79 Å². The summed E-state index contributed by atoms with van der Waals surface area (Å²) < 4.78 is 0. The lowest BCUT2D eigenvalue weighted by Gasteiger charge is -2.33. The molecule has 0 spiro atoms. The molecule has 1 saturated heterocycles. The van der Waals surface area contributed by atoms with Crippen LogP contribution in [0.25, 0.3) is 0 Å². The number of carbonyl (C=O) groups excluding carboxylic acids is 1. The molecule has 2 aromatic rings. The van der Waals surface area contributed by atoms with E-state index in [1.54, 1.807) is 0 Å². The zero-order valence-electron chi connectivity index (χ0n) is 17.9. The molecule has 0 saturated carbocycles. The summed E-state index contributed by atoms with van der Waals surface area (Å²) in [6.07, 6.45) is 2.64. The molecule has 3 N–H and O–H groups in total. The maximum absolute atomic E-state index is 12.9. The van der Waals surface area contributed by atoms with Crippen LogP contribution in [-0.2, 0) is 17.9 Å². The van der Waals surface area contributed by atoms with E-state index < -0.39 is 0 Å². The molecule has 5 nitrogen and oxygen atoms in total. The molecule has 1 amide bonds. The lowest BCUT2D eigenvalue weighted by Crippen LogP contribution is -2.46. The number of hydrogen-bond donors (Lipinski definition) is 2. The van der Waals surface area contributed by atoms with Gasteiger partial charge in [0.1, 0.15) is 0 Å². The van der Waals surface area contributed by atoms with Gasteiger partial charge >= 0.3 is 0 Å². The van der Waals surface area contributed by atoms with Gasteiger partial charge in [-0.15, -0.1) is 0 Å². The van der Waals surface area contributed by atoms with Crippen molar-refractivity contribution in [1.82, 2.24) is 15.1 Å². The van der Waals surface area contributed by atoms with Crippen molar-refractivity contribution in [3.63, 3.8) is 0 Å². The highest BCUT2D eigenvalue weighted by Gasteiger charge is 2.26. The fourth-order valence-electron chi connectivity index (χ4n) is 4.48. The zero-order chi connectivity index (χ0) is 21.6. The van der Waals surface area contributed by atoms with E-state index in [0.717, 1.165) is 61.7 Å². The molecule has 0 atom stereocenters. The first-order valence-electron chi connectivity index (χ1n) is 11.1. The molecular formula is C25H31ClN4O. The van der Waals surface area contributed by atoms with Crippen LogP contribution in [0.5, 0.6) is 0 Å². The van der Waals surface area contributed by atoms with Gasteiger partial charge in [0.05, 0.1) is 0 Å². The number of rotatable bonds is 6. The molecule has 164 valence electrons. The SMILES string of the molecule is NC1=C(C(=O)NC2CCN(Cc3ccccc3)CC2)CCN(Cc2cccc(Cl)c2)C1. The van der Waals surface area contributed by atoms with Gasteiger partial charge in [0.2, 0.25) is 5.91 Å². The molecule has 0 aromatic heterocycles. The highest BCUT2D eigenvalue weighted by molar-refractivity contribution is 6.30. The van der Waals surface area contributed by atoms with Crippen LogP contribution >= 0.6 is 11.6 Å². The van der Waals surface area contributed by atoms with Gasteiger partial charge in [-0.05, 0) is 42.5 Å². The molecule has 0 unspecified atom stereocenters. The van der Waals surface area contributed by atoms with E-state index >= 15 is 0 Å². The second kappa shape index (κ2) is 10.3. The maximum Gasteiger partial charge on any atom is 0.249 e. The van der Waals surface area contributed by atoms with E-state index in [1.807, 2.05) is 24.3 Å². The molecule has 1 fully saturated rings. The third-order valence-electron chi connectivity index (χ3n) is 6.20. The minimum Gasteiger partial charge on any atom is -0.401 e. The van der Waals surface area contributed by atoms with Crippen molar-refractivity contribution >= 4 is 17.5 Å². The standard InChI is InChI=1S/C25H31ClN4O/c26-21-8-4-7-20(15-21)17-30-14-11-23(24(27)18-30)25(31)28-22-9-12-29(13-10-22)16-19-5-2-1-3-6-19/h1-8,15,22H,9-14,16-18,27H2,(H,28,31). The number of likely N-dealkylation sites (tertiary alicyclic amines) is 1. The lowest BCUT2D eigenvalue weighted by atomic mass is 10.0. The third-order valence-corrected chi connectivity index (χ3v) is 6.44. The Morgan fingerprint density at radius 2 is 1.68 bits per heavy atom. The van der Waals surface area contributed by atoms with Crippen molar-refractivity contribution in [2.75, 3.05) is 26.2 Å². The predicted molar refractivity (Wildman–Crippen MR) is 125 cm³/mol. The van der Waals surface area contributed by atoms with E-state index in [1.165, 1.54) is 5.56 Å². The van der Waals surface area contributed by atoms with Gasteiger partial charge in [-0.2, -0.15) is 0 Å². The number of piperidine rings is 1. The Morgan fingerprint density at radius 3 is 2.39 bits per heavy atom. The van der Waals surface area contributed by atoms with Crippen LogP contribution < -0.4 is 11.1 Å². The lowest BCUT2D eigenvalue weighted by molar-refractivity contribution is -0.118. The number of nitrogens with one attached hydrogen (secondary N) is 1. The normalized spacial score (nSPS) is 18.9. The molecule has 31 heavy (non-hydrogen) atoms. The summed E-state index contributed by atoms with van der Waals surface area (Å²) in [6.45, 7) is 5.21. The fraction of sp³-hybridized carbons (Fsp3) is 0.400. The summed E-state index contributed by atoms with van der Waals surface area (Å²) in [5.41, 5.74) is 10.3. The second-order valence-electron chi connectivity index (χ2n) is 8.60. The number of nitrogens with two attached hydrogens (primary N) is 1. The number of nitrogens with zero attached hydrogens (tertiary/aromatic N) is 2. The smallest absolute Gasteiger partial charge is 0.249 e. The van der Waals surface area contributed by atoms with Gasteiger partial charge in [-0.25, -0.2) is 0 Å². The Bertz CT molecular complexity index is 922. The van der Waals surface area contributed by atoms with Crippen molar-refractivity contribution < 1.29 is 4.79 Å².